The van der Waals surface area contributed by atoms with E-state index in [4.69, 9.17) is 4.98 Å². The first-order valence-corrected chi connectivity index (χ1v) is 14.3. The number of fused-ring (bicyclic) bond motifs is 1. The Morgan fingerprint density at radius 3 is 2.64 bits per heavy atom. The molecule has 0 spiro atoms. The zero-order valence-electron chi connectivity index (χ0n) is 21.3. The van der Waals surface area contributed by atoms with Crippen molar-refractivity contribution in [2.24, 2.45) is 5.92 Å². The molecule has 1 aromatic heterocycles. The van der Waals surface area contributed by atoms with Crippen molar-refractivity contribution in [3.8, 4) is 11.3 Å². The molecule has 1 aliphatic carbocycles. The highest BCUT2D eigenvalue weighted by Crippen LogP contribution is 2.38. The van der Waals surface area contributed by atoms with Gasteiger partial charge in [-0.25, -0.2) is 4.98 Å². The first kappa shape index (κ1) is 24.9. The summed E-state index contributed by atoms with van der Waals surface area (Å²) in [6.07, 6.45) is 7.35. The Balaban J connectivity index is 1.40. The zero-order valence-corrected chi connectivity index (χ0v) is 22.1. The van der Waals surface area contributed by atoms with Crippen LogP contribution in [0.2, 0.25) is 0 Å². The third kappa shape index (κ3) is 5.04. The number of rotatable bonds is 7. The number of likely N-dealkylation sites (tertiary alicyclic amines) is 1. The van der Waals surface area contributed by atoms with Crippen molar-refractivity contribution in [2.75, 3.05) is 13.6 Å². The summed E-state index contributed by atoms with van der Waals surface area (Å²) in [5, 5.41) is 10.6. The summed E-state index contributed by atoms with van der Waals surface area (Å²) in [7, 11) is 1.90. The largest absolute Gasteiger partial charge is 0.339 e. The molecule has 0 radical (unpaired) electrons. The molecular formula is C29H37N4O2S+. The molecule has 2 heterocycles. The van der Waals surface area contributed by atoms with E-state index >= 15 is 0 Å². The van der Waals surface area contributed by atoms with Gasteiger partial charge in [-0.2, -0.15) is 0 Å². The molecule has 6 nitrogen and oxygen atoms in total. The van der Waals surface area contributed by atoms with Gasteiger partial charge < -0.3 is 15.5 Å². The number of carbonyl (C=O) groups excluding carboxylic acids is 2. The summed E-state index contributed by atoms with van der Waals surface area (Å²) >= 11 is 1.64. The van der Waals surface area contributed by atoms with E-state index in [-0.39, 0.29) is 29.8 Å². The van der Waals surface area contributed by atoms with Crippen molar-refractivity contribution in [3.05, 3.63) is 52.9 Å². The van der Waals surface area contributed by atoms with Gasteiger partial charge in [-0.05, 0) is 49.3 Å². The number of nitrogens with one attached hydrogen (secondary N) is 1. The smallest absolute Gasteiger partial charge is 0.278 e. The number of carbonyl (C=O) groups is 2. The fourth-order valence-corrected chi connectivity index (χ4v) is 6.73. The second kappa shape index (κ2) is 11.1. The SMILES string of the molecule is C[NH2+][C@@H](C)C(=O)N[C@H](C(=O)N1CCC[C@H]1c1nc(-c2cccc3ccccc23)cs1)C1CCCCC1. The fourth-order valence-electron chi connectivity index (χ4n) is 5.76. The number of hydrogen-bond donors (Lipinski definition) is 2. The average molecular weight is 506 g/mol. The van der Waals surface area contributed by atoms with Crippen molar-refractivity contribution in [1.82, 2.24) is 15.2 Å². The van der Waals surface area contributed by atoms with E-state index in [1.54, 1.807) is 11.3 Å². The Morgan fingerprint density at radius 1 is 1.06 bits per heavy atom. The average Bonchev–Trinajstić information content (AvgIpc) is 3.61. The fraction of sp³-hybridized carbons (Fsp3) is 0.483. The molecule has 2 aliphatic rings. The number of nitrogens with two attached hydrogens (primary N) is 1. The maximum Gasteiger partial charge on any atom is 0.278 e. The molecule has 1 saturated carbocycles. The highest BCUT2D eigenvalue weighted by atomic mass is 32.1. The van der Waals surface area contributed by atoms with E-state index < -0.39 is 6.04 Å². The van der Waals surface area contributed by atoms with Gasteiger partial charge in [0, 0.05) is 17.5 Å². The van der Waals surface area contributed by atoms with Crippen LogP contribution < -0.4 is 10.6 Å². The van der Waals surface area contributed by atoms with Gasteiger partial charge in [-0.15, -0.1) is 11.3 Å². The molecule has 0 bridgehead atoms. The van der Waals surface area contributed by atoms with Crippen LogP contribution in [0.4, 0.5) is 0 Å². The lowest BCUT2D eigenvalue weighted by Crippen LogP contribution is -2.88. The number of aromatic nitrogens is 1. The van der Waals surface area contributed by atoms with E-state index in [1.165, 1.54) is 17.2 Å². The molecule has 3 N–H and O–H groups in total. The van der Waals surface area contributed by atoms with Crippen LogP contribution >= 0.6 is 11.3 Å². The summed E-state index contributed by atoms with van der Waals surface area (Å²) in [5.41, 5.74) is 2.10. The normalized spacial score (nSPS) is 20.4. The molecule has 2 aromatic carbocycles. The summed E-state index contributed by atoms with van der Waals surface area (Å²) < 4.78 is 0. The van der Waals surface area contributed by atoms with Crippen molar-refractivity contribution >= 4 is 33.9 Å². The van der Waals surface area contributed by atoms with Gasteiger partial charge in [0.1, 0.15) is 11.0 Å². The lowest BCUT2D eigenvalue weighted by atomic mass is 9.83. The second-order valence-electron chi connectivity index (χ2n) is 10.3. The van der Waals surface area contributed by atoms with Gasteiger partial charge >= 0.3 is 0 Å². The minimum Gasteiger partial charge on any atom is -0.339 e. The lowest BCUT2D eigenvalue weighted by molar-refractivity contribution is -0.646. The highest BCUT2D eigenvalue weighted by molar-refractivity contribution is 7.10. The van der Waals surface area contributed by atoms with Gasteiger partial charge in [0.15, 0.2) is 6.04 Å². The van der Waals surface area contributed by atoms with Crippen molar-refractivity contribution in [1.29, 1.82) is 0 Å². The van der Waals surface area contributed by atoms with Crippen LogP contribution in [-0.2, 0) is 9.59 Å². The third-order valence-electron chi connectivity index (χ3n) is 8.01. The highest BCUT2D eigenvalue weighted by Gasteiger charge is 2.40. The van der Waals surface area contributed by atoms with Crippen LogP contribution in [-0.4, -0.2) is 47.4 Å². The molecule has 3 atom stereocenters. The Hall–Kier alpha value is -2.77. The number of quaternary nitrogens is 1. The second-order valence-corrected chi connectivity index (χ2v) is 11.2. The van der Waals surface area contributed by atoms with Crippen LogP contribution in [0.15, 0.2) is 47.8 Å². The molecule has 3 aromatic rings. The number of benzene rings is 2. The number of likely N-dealkylation sites (N-methyl/N-ethyl adjacent to an activating group) is 1. The van der Waals surface area contributed by atoms with Gasteiger partial charge in [-0.3, -0.25) is 9.59 Å². The molecule has 0 unspecified atom stereocenters. The first-order chi connectivity index (χ1) is 17.6. The summed E-state index contributed by atoms with van der Waals surface area (Å²) in [6.45, 7) is 2.61. The molecule has 2 amide bonds. The summed E-state index contributed by atoms with van der Waals surface area (Å²) in [6, 6.07) is 14.0. The van der Waals surface area contributed by atoms with E-state index in [1.807, 2.05) is 24.2 Å². The molecule has 1 saturated heterocycles. The predicted molar refractivity (Wildman–Crippen MR) is 145 cm³/mol. The number of nitrogens with zero attached hydrogens (tertiary/aromatic N) is 2. The predicted octanol–water partition coefficient (Wildman–Crippen LogP) is 4.27. The van der Waals surface area contributed by atoms with E-state index in [9.17, 15) is 9.59 Å². The number of thiazole rings is 1. The van der Waals surface area contributed by atoms with E-state index in [0.717, 1.165) is 61.3 Å². The van der Waals surface area contributed by atoms with Gasteiger partial charge in [0.05, 0.1) is 18.8 Å². The van der Waals surface area contributed by atoms with Gasteiger partial charge in [0.25, 0.3) is 5.91 Å². The van der Waals surface area contributed by atoms with E-state index in [0.29, 0.717) is 0 Å². The van der Waals surface area contributed by atoms with Crippen molar-refractivity contribution < 1.29 is 14.9 Å². The quantitative estimate of drug-likeness (QED) is 0.503. The Kier molecular flexibility index (Phi) is 7.67. The van der Waals surface area contributed by atoms with Crippen LogP contribution in [0, 0.1) is 5.92 Å². The molecule has 7 heteroatoms. The number of hydrogen-bond acceptors (Lipinski definition) is 4. The molecule has 1 aliphatic heterocycles. The van der Waals surface area contributed by atoms with Crippen LogP contribution in [0.25, 0.3) is 22.0 Å². The van der Waals surface area contributed by atoms with Gasteiger partial charge in [-0.1, -0.05) is 61.7 Å². The summed E-state index contributed by atoms with van der Waals surface area (Å²) in [5.74, 6) is 0.232. The summed E-state index contributed by atoms with van der Waals surface area (Å²) in [4.78, 5) is 33.9. The molecule has 190 valence electrons. The maximum absolute atomic E-state index is 14.0. The Morgan fingerprint density at radius 2 is 1.83 bits per heavy atom. The topological polar surface area (TPSA) is 78.9 Å². The molecule has 5 rings (SSSR count). The number of amides is 2. The maximum atomic E-state index is 14.0. The first-order valence-electron chi connectivity index (χ1n) is 13.4. The van der Waals surface area contributed by atoms with E-state index in [2.05, 4.69) is 53.2 Å². The standard InChI is InChI=1S/C29H36N4O2S/c1-19(30-2)27(34)32-26(21-11-4-3-5-12-21)29(35)33-17-9-16-25(33)28-31-24(18-36-28)23-15-8-13-20-10-6-7-14-22(20)23/h6-8,10,13-15,18-19,21,25-26,30H,3-5,9,11-12,16-17H2,1-2H3,(H,32,34)/p+1/t19-,25-,26-/m0/s1. The van der Waals surface area contributed by atoms with Gasteiger partial charge in [0.2, 0.25) is 5.91 Å². The monoisotopic (exact) mass is 505 g/mol. The molecular weight excluding hydrogens is 468 g/mol. The molecule has 36 heavy (non-hydrogen) atoms. The lowest BCUT2D eigenvalue weighted by Gasteiger charge is -2.34. The van der Waals surface area contributed by atoms with Crippen LogP contribution in [0.1, 0.15) is 62.9 Å². The van der Waals surface area contributed by atoms with Crippen molar-refractivity contribution in [2.45, 2.75) is 70.0 Å². The zero-order chi connectivity index (χ0) is 25.1. The van der Waals surface area contributed by atoms with Crippen molar-refractivity contribution in [3.63, 3.8) is 0 Å². The minimum atomic E-state index is -0.446. The third-order valence-corrected chi connectivity index (χ3v) is 8.95. The minimum absolute atomic E-state index is 0.0237. The Bertz CT molecular complexity index is 1210. The van der Waals surface area contributed by atoms with Crippen LogP contribution in [0.5, 0.6) is 0 Å². The van der Waals surface area contributed by atoms with Crippen LogP contribution in [0.3, 0.4) is 0 Å². The Labute approximate surface area is 217 Å². The molecule has 2 fully saturated rings.